The van der Waals surface area contributed by atoms with Crippen molar-refractivity contribution in [1.82, 2.24) is 19.9 Å². The van der Waals surface area contributed by atoms with E-state index in [2.05, 4.69) is 19.9 Å². The lowest BCUT2D eigenvalue weighted by Gasteiger charge is -2.05. The Bertz CT molecular complexity index is 651. The highest BCUT2D eigenvalue weighted by Gasteiger charge is 2.13. The van der Waals surface area contributed by atoms with Crippen LogP contribution < -0.4 is 5.73 Å². The maximum atomic E-state index is 5.62. The molecular formula is C12H9N5O. The van der Waals surface area contributed by atoms with E-state index in [1.807, 2.05) is 6.07 Å². The van der Waals surface area contributed by atoms with E-state index in [9.17, 15) is 0 Å². The molecule has 0 atom stereocenters. The number of rotatable bonds is 2. The maximum Gasteiger partial charge on any atom is 0.220 e. The molecule has 0 unspecified atom stereocenters. The SMILES string of the molecule is Nc1ncc(-c2ccncn2)c(-c2ccco2)n1. The van der Waals surface area contributed by atoms with E-state index in [-0.39, 0.29) is 5.95 Å². The van der Waals surface area contributed by atoms with E-state index < -0.39 is 0 Å². The van der Waals surface area contributed by atoms with E-state index in [1.165, 1.54) is 6.33 Å². The zero-order valence-electron chi connectivity index (χ0n) is 9.32. The van der Waals surface area contributed by atoms with Gasteiger partial charge in [-0.25, -0.2) is 19.9 Å². The quantitative estimate of drug-likeness (QED) is 0.732. The number of furan rings is 1. The third kappa shape index (κ3) is 1.80. The van der Waals surface area contributed by atoms with Crippen LogP contribution in [0.15, 0.2) is 47.6 Å². The van der Waals surface area contributed by atoms with Crippen LogP contribution in [-0.2, 0) is 0 Å². The maximum absolute atomic E-state index is 5.62. The fraction of sp³-hybridized carbons (Fsp3) is 0. The van der Waals surface area contributed by atoms with Crippen molar-refractivity contribution in [2.45, 2.75) is 0 Å². The van der Waals surface area contributed by atoms with Crippen LogP contribution in [0.1, 0.15) is 0 Å². The van der Waals surface area contributed by atoms with E-state index >= 15 is 0 Å². The third-order valence-electron chi connectivity index (χ3n) is 2.42. The average Bonchev–Trinajstić information content (AvgIpc) is 2.93. The van der Waals surface area contributed by atoms with Crippen LogP contribution in [0, 0.1) is 0 Å². The second-order valence-electron chi connectivity index (χ2n) is 3.56. The molecule has 2 N–H and O–H groups in total. The van der Waals surface area contributed by atoms with Crippen LogP contribution in [0.25, 0.3) is 22.7 Å². The molecule has 0 spiro atoms. The molecule has 0 fully saturated rings. The summed E-state index contributed by atoms with van der Waals surface area (Å²) in [5.41, 5.74) is 7.70. The second-order valence-corrected chi connectivity index (χ2v) is 3.56. The summed E-state index contributed by atoms with van der Waals surface area (Å²) in [6.07, 6.45) is 6.34. The van der Waals surface area contributed by atoms with Gasteiger partial charge in [-0.15, -0.1) is 0 Å². The van der Waals surface area contributed by atoms with E-state index in [0.29, 0.717) is 11.5 Å². The molecule has 0 amide bonds. The zero-order chi connectivity index (χ0) is 12.4. The highest BCUT2D eigenvalue weighted by atomic mass is 16.3. The topological polar surface area (TPSA) is 90.7 Å². The van der Waals surface area contributed by atoms with Gasteiger partial charge in [0.05, 0.1) is 12.0 Å². The largest absolute Gasteiger partial charge is 0.463 e. The van der Waals surface area contributed by atoms with Crippen LogP contribution in [-0.4, -0.2) is 19.9 Å². The first-order chi connectivity index (χ1) is 8.84. The van der Waals surface area contributed by atoms with Crippen molar-refractivity contribution in [1.29, 1.82) is 0 Å². The Balaban J connectivity index is 2.21. The van der Waals surface area contributed by atoms with E-state index in [4.69, 9.17) is 10.2 Å². The van der Waals surface area contributed by atoms with Crippen molar-refractivity contribution in [3.8, 4) is 22.7 Å². The molecule has 3 aromatic rings. The van der Waals surface area contributed by atoms with Crippen LogP contribution >= 0.6 is 0 Å². The van der Waals surface area contributed by atoms with Gasteiger partial charge in [-0.2, -0.15) is 0 Å². The minimum atomic E-state index is 0.194. The predicted octanol–water partition coefficient (Wildman–Crippen LogP) is 1.78. The smallest absolute Gasteiger partial charge is 0.220 e. The molecular weight excluding hydrogens is 230 g/mol. The lowest BCUT2D eigenvalue weighted by molar-refractivity contribution is 0.580. The van der Waals surface area contributed by atoms with Crippen LogP contribution in [0.5, 0.6) is 0 Å². The Hall–Kier alpha value is -2.76. The molecule has 88 valence electrons. The fourth-order valence-electron chi connectivity index (χ4n) is 1.63. The van der Waals surface area contributed by atoms with Crippen molar-refractivity contribution < 1.29 is 4.42 Å². The van der Waals surface area contributed by atoms with Crippen LogP contribution in [0.4, 0.5) is 5.95 Å². The zero-order valence-corrected chi connectivity index (χ0v) is 9.32. The van der Waals surface area contributed by atoms with Gasteiger partial charge in [0.15, 0.2) is 5.76 Å². The van der Waals surface area contributed by atoms with Crippen LogP contribution in [0.3, 0.4) is 0 Å². The first-order valence-corrected chi connectivity index (χ1v) is 5.27. The molecule has 6 heteroatoms. The van der Waals surface area contributed by atoms with Gasteiger partial charge >= 0.3 is 0 Å². The summed E-state index contributed by atoms with van der Waals surface area (Å²) in [5.74, 6) is 0.817. The minimum Gasteiger partial charge on any atom is -0.463 e. The monoisotopic (exact) mass is 239 g/mol. The number of aromatic nitrogens is 4. The van der Waals surface area contributed by atoms with Gasteiger partial charge in [-0.05, 0) is 18.2 Å². The second kappa shape index (κ2) is 4.25. The molecule has 0 aliphatic rings. The van der Waals surface area contributed by atoms with Crippen molar-refractivity contribution in [3.05, 3.63) is 43.2 Å². The Labute approximate surface area is 103 Å². The summed E-state index contributed by atoms with van der Waals surface area (Å²) in [5, 5.41) is 0. The van der Waals surface area contributed by atoms with Gasteiger partial charge in [-0.1, -0.05) is 0 Å². The average molecular weight is 239 g/mol. The van der Waals surface area contributed by atoms with Gasteiger partial charge in [0.1, 0.15) is 12.0 Å². The number of hydrogen-bond acceptors (Lipinski definition) is 6. The first kappa shape index (κ1) is 10.4. The highest BCUT2D eigenvalue weighted by Crippen LogP contribution is 2.28. The lowest BCUT2D eigenvalue weighted by atomic mass is 10.1. The molecule has 0 radical (unpaired) electrons. The molecule has 0 aliphatic carbocycles. The molecule has 0 saturated heterocycles. The Morgan fingerprint density at radius 2 is 2.11 bits per heavy atom. The molecule has 0 aromatic carbocycles. The van der Waals surface area contributed by atoms with Gasteiger partial charge in [-0.3, -0.25) is 0 Å². The van der Waals surface area contributed by atoms with Crippen molar-refractivity contribution in [2.24, 2.45) is 0 Å². The normalized spacial score (nSPS) is 10.4. The van der Waals surface area contributed by atoms with Gasteiger partial charge in [0.25, 0.3) is 0 Å². The number of nitrogen functional groups attached to an aromatic ring is 1. The standard InChI is InChI=1S/C12H9N5O/c13-12-15-6-8(9-3-4-14-7-16-9)11(17-12)10-2-1-5-18-10/h1-7H,(H2,13,15,17). The van der Waals surface area contributed by atoms with E-state index in [1.54, 1.807) is 30.8 Å². The summed E-state index contributed by atoms with van der Waals surface area (Å²) < 4.78 is 5.35. The van der Waals surface area contributed by atoms with Crippen molar-refractivity contribution >= 4 is 5.95 Å². The Kier molecular flexibility index (Phi) is 2.45. The van der Waals surface area contributed by atoms with Gasteiger partial charge < -0.3 is 10.2 Å². The Morgan fingerprint density at radius 3 is 2.83 bits per heavy atom. The Morgan fingerprint density at radius 1 is 1.17 bits per heavy atom. The number of nitrogens with two attached hydrogens (primary N) is 1. The molecule has 0 aliphatic heterocycles. The summed E-state index contributed by atoms with van der Waals surface area (Å²) in [7, 11) is 0. The molecule has 0 saturated carbocycles. The van der Waals surface area contributed by atoms with Crippen LogP contribution in [0.2, 0.25) is 0 Å². The third-order valence-corrected chi connectivity index (χ3v) is 2.42. The lowest BCUT2D eigenvalue weighted by Crippen LogP contribution is -1.99. The number of hydrogen-bond donors (Lipinski definition) is 1. The number of anilines is 1. The summed E-state index contributed by atoms with van der Waals surface area (Å²) in [6.45, 7) is 0. The summed E-state index contributed by atoms with van der Waals surface area (Å²) >= 11 is 0. The molecule has 6 nitrogen and oxygen atoms in total. The number of nitrogens with zero attached hydrogens (tertiary/aromatic N) is 4. The summed E-state index contributed by atoms with van der Waals surface area (Å²) in [6, 6.07) is 5.38. The predicted molar refractivity (Wildman–Crippen MR) is 65.2 cm³/mol. The van der Waals surface area contributed by atoms with Gasteiger partial charge in [0, 0.05) is 18.0 Å². The fourth-order valence-corrected chi connectivity index (χ4v) is 1.63. The molecule has 3 rings (SSSR count). The van der Waals surface area contributed by atoms with E-state index in [0.717, 1.165) is 11.3 Å². The molecule has 18 heavy (non-hydrogen) atoms. The molecule has 0 bridgehead atoms. The summed E-state index contributed by atoms with van der Waals surface area (Å²) in [4.78, 5) is 16.3. The van der Waals surface area contributed by atoms with Crippen molar-refractivity contribution in [2.75, 3.05) is 5.73 Å². The highest BCUT2D eigenvalue weighted by molar-refractivity contribution is 5.76. The first-order valence-electron chi connectivity index (χ1n) is 5.27. The van der Waals surface area contributed by atoms with Crippen molar-refractivity contribution in [3.63, 3.8) is 0 Å². The molecule has 3 aromatic heterocycles. The van der Waals surface area contributed by atoms with Gasteiger partial charge in [0.2, 0.25) is 5.95 Å². The molecule has 3 heterocycles. The minimum absolute atomic E-state index is 0.194.